The van der Waals surface area contributed by atoms with Crippen molar-refractivity contribution in [1.82, 2.24) is 19.9 Å². The van der Waals surface area contributed by atoms with E-state index in [1.165, 1.54) is 0 Å². The molecular weight excluding hydrogens is 210 g/mol. The molecule has 2 aromatic heterocycles. The Morgan fingerprint density at radius 2 is 2.06 bits per heavy atom. The van der Waals surface area contributed by atoms with Crippen molar-refractivity contribution >= 4 is 17.1 Å². The van der Waals surface area contributed by atoms with Gasteiger partial charge >= 0.3 is 0 Å². The fourth-order valence-electron chi connectivity index (χ4n) is 1.32. The second-order valence-corrected chi connectivity index (χ2v) is 4.28. The number of aromatic nitrogens is 4. The van der Waals surface area contributed by atoms with Crippen LogP contribution in [0.25, 0.3) is 11.2 Å². The van der Waals surface area contributed by atoms with E-state index in [9.17, 15) is 9.90 Å². The van der Waals surface area contributed by atoms with Gasteiger partial charge in [-0.15, -0.1) is 0 Å². The molecule has 0 saturated carbocycles. The van der Waals surface area contributed by atoms with Crippen LogP contribution in [0.4, 0.5) is 5.95 Å². The molecule has 86 valence electrons. The van der Waals surface area contributed by atoms with E-state index in [4.69, 9.17) is 5.73 Å². The van der Waals surface area contributed by atoms with Crippen molar-refractivity contribution in [2.45, 2.75) is 19.3 Å². The Balaban J connectivity index is 2.70. The van der Waals surface area contributed by atoms with Gasteiger partial charge < -0.3 is 15.8 Å². The fraction of sp³-hybridized carbons (Fsp3) is 0.444. The van der Waals surface area contributed by atoms with Crippen LogP contribution in [0.3, 0.4) is 0 Å². The molecule has 0 atom stereocenters. The highest BCUT2D eigenvalue weighted by atomic mass is 16.3. The number of anilines is 1. The Labute approximate surface area is 90.7 Å². The van der Waals surface area contributed by atoms with Gasteiger partial charge in [0.05, 0.1) is 6.61 Å². The molecular formula is C9H13N5O2. The van der Waals surface area contributed by atoms with E-state index >= 15 is 0 Å². The van der Waals surface area contributed by atoms with Gasteiger partial charge in [0.2, 0.25) is 5.95 Å². The highest BCUT2D eigenvalue weighted by Gasteiger charge is 2.24. The largest absolute Gasteiger partial charge is 0.395 e. The molecule has 0 aliphatic carbocycles. The number of hydrogen-bond acceptors (Lipinski definition) is 5. The van der Waals surface area contributed by atoms with Gasteiger partial charge in [0, 0.05) is 5.41 Å². The number of imidazole rings is 1. The number of nitrogens with one attached hydrogen (secondary N) is 2. The maximum Gasteiger partial charge on any atom is 0.278 e. The van der Waals surface area contributed by atoms with Gasteiger partial charge in [-0.1, -0.05) is 13.8 Å². The fourth-order valence-corrected chi connectivity index (χ4v) is 1.32. The monoisotopic (exact) mass is 223 g/mol. The van der Waals surface area contributed by atoms with E-state index in [0.29, 0.717) is 5.82 Å². The maximum atomic E-state index is 11.5. The third kappa shape index (κ3) is 1.54. The van der Waals surface area contributed by atoms with Crippen molar-refractivity contribution in [3.63, 3.8) is 0 Å². The van der Waals surface area contributed by atoms with Crippen LogP contribution < -0.4 is 11.3 Å². The van der Waals surface area contributed by atoms with Crippen LogP contribution in [0.1, 0.15) is 19.7 Å². The van der Waals surface area contributed by atoms with Crippen molar-refractivity contribution in [2.24, 2.45) is 0 Å². The van der Waals surface area contributed by atoms with E-state index in [0.717, 1.165) is 0 Å². The summed E-state index contributed by atoms with van der Waals surface area (Å²) in [7, 11) is 0. The Morgan fingerprint density at radius 1 is 1.38 bits per heavy atom. The lowest BCUT2D eigenvalue weighted by molar-refractivity contribution is 0.212. The highest BCUT2D eigenvalue weighted by Crippen LogP contribution is 2.20. The molecule has 5 N–H and O–H groups in total. The lowest BCUT2D eigenvalue weighted by Crippen LogP contribution is -2.23. The normalized spacial score (nSPS) is 12.2. The number of aromatic amines is 2. The molecule has 0 aliphatic heterocycles. The molecule has 16 heavy (non-hydrogen) atoms. The first kappa shape index (κ1) is 10.6. The molecule has 0 saturated heterocycles. The number of aliphatic hydroxyl groups is 1. The Bertz CT molecular complexity index is 583. The maximum absolute atomic E-state index is 11.5. The SMILES string of the molecule is CC(C)(CO)c1nc2nc(N)[nH]c(=O)c2[nH]1. The van der Waals surface area contributed by atoms with Crippen molar-refractivity contribution in [3.05, 3.63) is 16.2 Å². The van der Waals surface area contributed by atoms with Crippen LogP contribution in [-0.2, 0) is 5.41 Å². The van der Waals surface area contributed by atoms with Gasteiger partial charge in [0.15, 0.2) is 11.2 Å². The first-order valence-electron chi connectivity index (χ1n) is 4.81. The minimum Gasteiger partial charge on any atom is -0.395 e. The molecule has 0 spiro atoms. The van der Waals surface area contributed by atoms with Crippen molar-refractivity contribution < 1.29 is 5.11 Å². The van der Waals surface area contributed by atoms with E-state index < -0.39 is 5.41 Å². The number of nitrogen functional groups attached to an aromatic ring is 1. The van der Waals surface area contributed by atoms with Gasteiger partial charge in [-0.3, -0.25) is 9.78 Å². The Hall–Kier alpha value is -1.89. The van der Waals surface area contributed by atoms with Crippen LogP contribution in [0, 0.1) is 0 Å². The topological polar surface area (TPSA) is 121 Å². The summed E-state index contributed by atoms with van der Waals surface area (Å²) in [5.41, 5.74) is 5.02. The molecule has 0 unspecified atom stereocenters. The zero-order chi connectivity index (χ0) is 11.9. The highest BCUT2D eigenvalue weighted by molar-refractivity contribution is 5.70. The molecule has 0 fully saturated rings. The molecule has 0 bridgehead atoms. The molecule has 2 heterocycles. The first-order valence-corrected chi connectivity index (χ1v) is 4.81. The number of fused-ring (bicyclic) bond motifs is 1. The minimum atomic E-state index is -0.554. The summed E-state index contributed by atoms with van der Waals surface area (Å²) in [6.45, 7) is 3.53. The van der Waals surface area contributed by atoms with Crippen LogP contribution >= 0.6 is 0 Å². The van der Waals surface area contributed by atoms with Crippen molar-refractivity contribution in [1.29, 1.82) is 0 Å². The minimum absolute atomic E-state index is 0.0253. The Morgan fingerprint density at radius 3 is 2.69 bits per heavy atom. The third-order valence-electron chi connectivity index (χ3n) is 2.42. The smallest absolute Gasteiger partial charge is 0.278 e. The van der Waals surface area contributed by atoms with Gasteiger partial charge in [-0.2, -0.15) is 4.98 Å². The second-order valence-electron chi connectivity index (χ2n) is 4.28. The zero-order valence-electron chi connectivity index (χ0n) is 9.03. The van der Waals surface area contributed by atoms with Crippen molar-refractivity contribution in [2.75, 3.05) is 12.3 Å². The summed E-state index contributed by atoms with van der Waals surface area (Å²) in [6.07, 6.45) is 0. The summed E-state index contributed by atoms with van der Waals surface area (Å²) >= 11 is 0. The van der Waals surface area contributed by atoms with Gasteiger partial charge in [0.1, 0.15) is 5.82 Å². The van der Waals surface area contributed by atoms with E-state index in [2.05, 4.69) is 19.9 Å². The van der Waals surface area contributed by atoms with E-state index in [-0.39, 0.29) is 29.3 Å². The molecule has 0 aliphatic rings. The summed E-state index contributed by atoms with van der Waals surface area (Å²) in [5.74, 6) is 0.533. The van der Waals surface area contributed by atoms with Gasteiger partial charge in [0.25, 0.3) is 5.56 Å². The number of hydrogen-bond donors (Lipinski definition) is 4. The quantitative estimate of drug-likeness (QED) is 0.547. The summed E-state index contributed by atoms with van der Waals surface area (Å²) in [6, 6.07) is 0. The van der Waals surface area contributed by atoms with Crippen LogP contribution in [0.15, 0.2) is 4.79 Å². The number of nitrogens with zero attached hydrogens (tertiary/aromatic N) is 2. The summed E-state index contributed by atoms with van der Waals surface area (Å²) < 4.78 is 0. The lowest BCUT2D eigenvalue weighted by atomic mass is 9.94. The average Bonchev–Trinajstić information content (AvgIpc) is 2.62. The number of nitrogens with two attached hydrogens (primary N) is 1. The predicted molar refractivity (Wildman–Crippen MR) is 59.0 cm³/mol. The van der Waals surface area contributed by atoms with Crippen LogP contribution in [-0.4, -0.2) is 31.6 Å². The molecule has 2 aromatic rings. The first-order chi connectivity index (χ1) is 7.44. The molecule has 7 nitrogen and oxygen atoms in total. The Kier molecular flexibility index (Phi) is 2.20. The number of rotatable bonds is 2. The lowest BCUT2D eigenvalue weighted by Gasteiger charge is -2.17. The number of aliphatic hydroxyl groups excluding tert-OH is 1. The zero-order valence-corrected chi connectivity index (χ0v) is 9.03. The van der Waals surface area contributed by atoms with Gasteiger partial charge in [-0.05, 0) is 0 Å². The third-order valence-corrected chi connectivity index (χ3v) is 2.42. The molecule has 0 aromatic carbocycles. The van der Waals surface area contributed by atoms with Crippen LogP contribution in [0.5, 0.6) is 0 Å². The summed E-state index contributed by atoms with van der Waals surface area (Å²) in [4.78, 5) is 24.8. The molecule has 0 amide bonds. The number of H-pyrrole nitrogens is 2. The predicted octanol–water partition coefficient (Wildman–Crippen LogP) is -0.502. The van der Waals surface area contributed by atoms with Crippen LogP contribution in [0.2, 0.25) is 0 Å². The van der Waals surface area contributed by atoms with Gasteiger partial charge in [-0.25, -0.2) is 4.98 Å². The van der Waals surface area contributed by atoms with Crippen molar-refractivity contribution in [3.8, 4) is 0 Å². The molecule has 0 radical (unpaired) electrons. The average molecular weight is 223 g/mol. The summed E-state index contributed by atoms with van der Waals surface area (Å²) in [5, 5.41) is 9.21. The van der Waals surface area contributed by atoms with E-state index in [1.807, 2.05) is 13.8 Å². The standard InChI is InChI=1S/C9H13N5O2/c1-9(2,3-15)7-11-4-5(12-7)13-8(10)14-6(4)16/h15H,3H2,1-2H3,(H4,10,11,12,13,14,16). The second kappa shape index (κ2) is 3.31. The molecule has 7 heteroatoms. The van der Waals surface area contributed by atoms with E-state index in [1.54, 1.807) is 0 Å². The molecule has 2 rings (SSSR count).